The molecule has 0 spiro atoms. The van der Waals surface area contributed by atoms with E-state index in [1.807, 2.05) is 0 Å². The van der Waals surface area contributed by atoms with E-state index in [4.69, 9.17) is 9.47 Å². The number of rotatable bonds is 5. The van der Waals surface area contributed by atoms with Gasteiger partial charge in [0, 0.05) is 11.5 Å². The molecule has 0 aromatic rings. The van der Waals surface area contributed by atoms with Crippen LogP contribution in [-0.2, 0) is 19.1 Å². The van der Waals surface area contributed by atoms with Crippen LogP contribution < -0.4 is 5.32 Å². The summed E-state index contributed by atoms with van der Waals surface area (Å²) in [5, 5.41) is 2.78. The van der Waals surface area contributed by atoms with Crippen molar-refractivity contribution in [3.8, 4) is 0 Å². The molecule has 1 aliphatic carbocycles. The molecule has 1 saturated carbocycles. The summed E-state index contributed by atoms with van der Waals surface area (Å²) in [4.78, 5) is 22.9. The monoisotopic (exact) mass is 253 g/mol. The molecule has 5 nitrogen and oxygen atoms in total. The molecule has 0 radical (unpaired) electrons. The maximum Gasteiger partial charge on any atom is 0.333 e. The van der Waals surface area contributed by atoms with Crippen molar-refractivity contribution in [1.82, 2.24) is 5.32 Å². The number of fused-ring (bicyclic) bond motifs is 1. The first kappa shape index (κ1) is 13.1. The van der Waals surface area contributed by atoms with E-state index in [2.05, 4.69) is 11.9 Å². The van der Waals surface area contributed by atoms with E-state index in [9.17, 15) is 9.59 Å². The molecular formula is C13H19NO4. The van der Waals surface area contributed by atoms with Crippen LogP contribution in [0, 0.1) is 5.92 Å². The maximum atomic E-state index is 11.8. The molecule has 0 aromatic carbocycles. The summed E-state index contributed by atoms with van der Waals surface area (Å²) in [5.41, 5.74) is 0.366. The maximum absolute atomic E-state index is 11.8. The van der Waals surface area contributed by atoms with Crippen molar-refractivity contribution < 1.29 is 19.1 Å². The molecule has 0 aromatic heterocycles. The Morgan fingerprint density at radius 3 is 2.83 bits per heavy atom. The van der Waals surface area contributed by atoms with Crippen LogP contribution >= 0.6 is 0 Å². The van der Waals surface area contributed by atoms with Crippen LogP contribution in [0.4, 0.5) is 0 Å². The lowest BCUT2D eigenvalue weighted by atomic mass is 9.89. The van der Waals surface area contributed by atoms with Crippen LogP contribution in [0.5, 0.6) is 0 Å². The molecule has 2 fully saturated rings. The first-order valence-corrected chi connectivity index (χ1v) is 6.33. The molecule has 2 rings (SSSR count). The largest absolute Gasteiger partial charge is 0.460 e. The van der Waals surface area contributed by atoms with Crippen molar-refractivity contribution in [2.24, 2.45) is 5.92 Å². The van der Waals surface area contributed by atoms with Crippen LogP contribution in [0.1, 0.15) is 26.2 Å². The van der Waals surface area contributed by atoms with E-state index < -0.39 is 5.97 Å². The molecule has 1 heterocycles. The Morgan fingerprint density at radius 2 is 2.17 bits per heavy atom. The van der Waals surface area contributed by atoms with E-state index in [0.29, 0.717) is 24.3 Å². The average molecular weight is 253 g/mol. The second kappa shape index (κ2) is 5.52. The van der Waals surface area contributed by atoms with Gasteiger partial charge in [0.05, 0.1) is 18.8 Å². The number of epoxide rings is 1. The number of carbonyl (C=O) groups excluding carboxylic acids is 2. The Morgan fingerprint density at radius 1 is 1.39 bits per heavy atom. The van der Waals surface area contributed by atoms with Gasteiger partial charge in [0.2, 0.25) is 5.91 Å². The number of carbonyl (C=O) groups is 2. The average Bonchev–Trinajstić information content (AvgIpc) is 3.11. The predicted molar refractivity (Wildman–Crippen MR) is 64.8 cm³/mol. The van der Waals surface area contributed by atoms with E-state index in [0.717, 1.165) is 19.3 Å². The summed E-state index contributed by atoms with van der Waals surface area (Å²) in [6, 6.07) is 0. The molecule has 1 saturated heterocycles. The summed E-state index contributed by atoms with van der Waals surface area (Å²) in [5.74, 6) is -0.336. The smallest absolute Gasteiger partial charge is 0.333 e. The molecule has 2 aliphatic rings. The van der Waals surface area contributed by atoms with Crippen LogP contribution in [-0.4, -0.2) is 37.2 Å². The van der Waals surface area contributed by atoms with Crippen LogP contribution in [0.2, 0.25) is 0 Å². The lowest BCUT2D eigenvalue weighted by Crippen LogP contribution is -2.35. The van der Waals surface area contributed by atoms with Crippen molar-refractivity contribution in [3.63, 3.8) is 0 Å². The Hall–Kier alpha value is -1.36. The van der Waals surface area contributed by atoms with Crippen molar-refractivity contribution >= 4 is 11.9 Å². The zero-order chi connectivity index (χ0) is 13.1. The highest BCUT2D eigenvalue weighted by atomic mass is 16.6. The van der Waals surface area contributed by atoms with Gasteiger partial charge in [-0.15, -0.1) is 0 Å². The van der Waals surface area contributed by atoms with Gasteiger partial charge in [0.15, 0.2) is 0 Å². The Bertz CT molecular complexity index is 366. The number of hydrogen-bond acceptors (Lipinski definition) is 4. The lowest BCUT2D eigenvalue weighted by Gasteiger charge is -2.18. The fourth-order valence-corrected chi connectivity index (χ4v) is 2.23. The highest BCUT2D eigenvalue weighted by molar-refractivity contribution is 5.87. The third-order valence-electron chi connectivity index (χ3n) is 3.36. The summed E-state index contributed by atoms with van der Waals surface area (Å²) < 4.78 is 10.3. The fraction of sp³-hybridized carbons (Fsp3) is 0.692. The van der Waals surface area contributed by atoms with Crippen molar-refractivity contribution in [2.75, 3.05) is 13.2 Å². The summed E-state index contributed by atoms with van der Waals surface area (Å²) in [6.07, 6.45) is 3.40. The van der Waals surface area contributed by atoms with Gasteiger partial charge >= 0.3 is 5.97 Å². The first-order valence-electron chi connectivity index (χ1n) is 6.33. The van der Waals surface area contributed by atoms with E-state index >= 15 is 0 Å². The standard InChI is InChI=1S/C13H19NO4/c1-8(2)13(16)17-6-5-14-12(15)9-3-4-10-11(7-9)18-10/h9-11H,1,3-7H2,2H3,(H,14,15). The molecule has 3 atom stereocenters. The second-order valence-corrected chi connectivity index (χ2v) is 4.93. The molecular weight excluding hydrogens is 234 g/mol. The first-order chi connectivity index (χ1) is 8.58. The second-order valence-electron chi connectivity index (χ2n) is 4.93. The fourth-order valence-electron chi connectivity index (χ4n) is 2.23. The number of hydrogen-bond donors (Lipinski definition) is 1. The molecule has 1 N–H and O–H groups in total. The quantitative estimate of drug-likeness (QED) is 0.340. The third-order valence-corrected chi connectivity index (χ3v) is 3.36. The van der Waals surface area contributed by atoms with Crippen LogP contribution in [0.15, 0.2) is 12.2 Å². The number of nitrogens with one attached hydrogen (secondary N) is 1. The SMILES string of the molecule is C=C(C)C(=O)OCCNC(=O)C1CCC2OC2C1. The molecule has 1 aliphatic heterocycles. The van der Waals surface area contributed by atoms with Crippen molar-refractivity contribution in [1.29, 1.82) is 0 Å². The molecule has 0 bridgehead atoms. The molecule has 18 heavy (non-hydrogen) atoms. The Labute approximate surface area is 107 Å². The lowest BCUT2D eigenvalue weighted by molar-refractivity contribution is -0.139. The minimum absolute atomic E-state index is 0.0373. The minimum Gasteiger partial charge on any atom is -0.460 e. The van der Waals surface area contributed by atoms with Gasteiger partial charge in [0.1, 0.15) is 6.61 Å². The van der Waals surface area contributed by atoms with E-state index in [1.165, 1.54) is 0 Å². The summed E-state index contributed by atoms with van der Waals surface area (Å²) in [6.45, 7) is 5.61. The van der Waals surface area contributed by atoms with Gasteiger partial charge in [-0.1, -0.05) is 6.58 Å². The molecule has 5 heteroatoms. The van der Waals surface area contributed by atoms with Gasteiger partial charge in [-0.05, 0) is 26.2 Å². The van der Waals surface area contributed by atoms with Crippen molar-refractivity contribution in [3.05, 3.63) is 12.2 Å². The minimum atomic E-state index is -0.420. The molecule has 3 unspecified atom stereocenters. The number of ether oxygens (including phenoxy) is 2. The van der Waals surface area contributed by atoms with Gasteiger partial charge in [0.25, 0.3) is 0 Å². The van der Waals surface area contributed by atoms with Gasteiger partial charge in [-0.2, -0.15) is 0 Å². The van der Waals surface area contributed by atoms with E-state index in [-0.39, 0.29) is 18.4 Å². The highest BCUT2D eigenvalue weighted by Gasteiger charge is 2.45. The number of amides is 1. The van der Waals surface area contributed by atoms with Gasteiger partial charge in [-0.3, -0.25) is 4.79 Å². The topological polar surface area (TPSA) is 67.9 Å². The molecule has 1 amide bonds. The van der Waals surface area contributed by atoms with Gasteiger partial charge < -0.3 is 14.8 Å². The number of esters is 1. The Balaban J connectivity index is 1.60. The van der Waals surface area contributed by atoms with Crippen LogP contribution in [0.3, 0.4) is 0 Å². The zero-order valence-electron chi connectivity index (χ0n) is 10.6. The van der Waals surface area contributed by atoms with Crippen molar-refractivity contribution in [2.45, 2.75) is 38.4 Å². The zero-order valence-corrected chi connectivity index (χ0v) is 10.6. The van der Waals surface area contributed by atoms with Crippen LogP contribution in [0.25, 0.3) is 0 Å². The summed E-state index contributed by atoms with van der Waals surface area (Å²) in [7, 11) is 0. The highest BCUT2D eigenvalue weighted by Crippen LogP contribution is 2.39. The van der Waals surface area contributed by atoms with Gasteiger partial charge in [-0.25, -0.2) is 4.79 Å². The summed E-state index contributed by atoms with van der Waals surface area (Å²) >= 11 is 0. The predicted octanol–water partition coefficient (Wildman–Crippen LogP) is 0.789. The third kappa shape index (κ3) is 3.32. The molecule has 100 valence electrons. The normalized spacial score (nSPS) is 29.1. The Kier molecular flexibility index (Phi) is 4.01. The van der Waals surface area contributed by atoms with E-state index in [1.54, 1.807) is 6.92 Å².